The van der Waals surface area contributed by atoms with E-state index < -0.39 is 17.5 Å². The van der Waals surface area contributed by atoms with Gasteiger partial charge < -0.3 is 10.3 Å². The average Bonchev–Trinajstić information content (AvgIpc) is 3.12. The zero-order chi connectivity index (χ0) is 22.0. The number of fused-ring (bicyclic) bond motifs is 1. The van der Waals surface area contributed by atoms with Gasteiger partial charge in [-0.2, -0.15) is 0 Å². The Labute approximate surface area is 177 Å². The molecule has 31 heavy (non-hydrogen) atoms. The van der Waals surface area contributed by atoms with Crippen molar-refractivity contribution in [2.45, 2.75) is 25.8 Å². The van der Waals surface area contributed by atoms with E-state index in [1.807, 2.05) is 19.1 Å². The van der Waals surface area contributed by atoms with Crippen LogP contribution in [-0.2, 0) is 11.2 Å². The number of hydrogen-bond acceptors (Lipinski definition) is 2. The van der Waals surface area contributed by atoms with Gasteiger partial charge in [0.15, 0.2) is 0 Å². The van der Waals surface area contributed by atoms with Crippen LogP contribution in [0.3, 0.4) is 0 Å². The van der Waals surface area contributed by atoms with Crippen LogP contribution in [-0.4, -0.2) is 15.9 Å². The van der Waals surface area contributed by atoms with E-state index in [9.17, 15) is 18.0 Å². The van der Waals surface area contributed by atoms with Crippen molar-refractivity contribution in [2.75, 3.05) is 0 Å². The summed E-state index contributed by atoms with van der Waals surface area (Å²) in [6, 6.07) is 12.9. The largest absolute Gasteiger partial charge is 0.352 e. The summed E-state index contributed by atoms with van der Waals surface area (Å²) >= 11 is 0. The minimum absolute atomic E-state index is 0.108. The van der Waals surface area contributed by atoms with Crippen LogP contribution in [0.5, 0.6) is 0 Å². The number of aromatic amines is 1. The van der Waals surface area contributed by atoms with Crippen molar-refractivity contribution in [3.63, 3.8) is 0 Å². The number of benzene rings is 2. The molecule has 2 heterocycles. The highest BCUT2D eigenvalue weighted by molar-refractivity contribution is 5.92. The van der Waals surface area contributed by atoms with Crippen molar-refractivity contribution in [2.24, 2.45) is 0 Å². The normalized spacial score (nSPS) is 12.1. The second kappa shape index (κ2) is 8.63. The van der Waals surface area contributed by atoms with Gasteiger partial charge in [0.2, 0.25) is 5.91 Å². The zero-order valence-electron chi connectivity index (χ0n) is 16.8. The number of H-pyrrole nitrogens is 1. The fourth-order valence-electron chi connectivity index (χ4n) is 3.65. The molecule has 4 aromatic rings. The van der Waals surface area contributed by atoms with Crippen molar-refractivity contribution < 1.29 is 18.0 Å². The molecule has 0 aliphatic heterocycles. The number of aromatic nitrogens is 2. The molecular weight excluding hydrogens is 403 g/mol. The van der Waals surface area contributed by atoms with Crippen LogP contribution in [0.15, 0.2) is 60.8 Å². The highest BCUT2D eigenvalue weighted by Crippen LogP contribution is 2.33. The van der Waals surface area contributed by atoms with Crippen LogP contribution in [0, 0.1) is 17.5 Å². The number of amides is 1. The van der Waals surface area contributed by atoms with Crippen molar-refractivity contribution in [1.29, 1.82) is 0 Å². The lowest BCUT2D eigenvalue weighted by atomic mass is 10.0. The maximum Gasteiger partial charge on any atom is 0.220 e. The Hall–Kier alpha value is -3.61. The first kappa shape index (κ1) is 20.7. The minimum atomic E-state index is -0.724. The van der Waals surface area contributed by atoms with Gasteiger partial charge in [0.05, 0.1) is 17.3 Å². The highest BCUT2D eigenvalue weighted by Gasteiger charge is 2.19. The maximum absolute atomic E-state index is 14.4. The highest BCUT2D eigenvalue weighted by atomic mass is 19.1. The maximum atomic E-state index is 14.4. The molecule has 4 nitrogen and oxygen atoms in total. The Kier molecular flexibility index (Phi) is 5.75. The lowest BCUT2D eigenvalue weighted by Gasteiger charge is -2.13. The third-order valence-corrected chi connectivity index (χ3v) is 5.18. The molecule has 0 saturated carbocycles. The minimum Gasteiger partial charge on any atom is -0.352 e. The lowest BCUT2D eigenvalue weighted by Crippen LogP contribution is -2.27. The first-order valence-corrected chi connectivity index (χ1v) is 9.88. The molecule has 2 aromatic carbocycles. The Morgan fingerprint density at radius 1 is 1.06 bits per heavy atom. The van der Waals surface area contributed by atoms with Gasteiger partial charge in [0, 0.05) is 29.8 Å². The standard InChI is InChI=1S/C24H20F3N3O/c1-14(21-4-2-3-11-28-21)29-22(31)10-9-18-19-12-17(26)13-20(27)24(19)30-23(18)15-5-7-16(25)8-6-15/h2-8,11-14,30H,9-10H2,1H3,(H,29,31). The number of rotatable bonds is 6. The molecule has 4 rings (SSSR count). The summed E-state index contributed by atoms with van der Waals surface area (Å²) in [5.41, 5.74) is 2.64. The molecule has 1 atom stereocenters. The molecular formula is C24H20F3N3O. The van der Waals surface area contributed by atoms with Crippen molar-refractivity contribution in [3.05, 3.63) is 89.5 Å². The number of nitrogens with one attached hydrogen (secondary N) is 2. The number of hydrogen-bond donors (Lipinski definition) is 2. The molecule has 0 radical (unpaired) electrons. The summed E-state index contributed by atoms with van der Waals surface area (Å²) in [4.78, 5) is 19.7. The first-order chi connectivity index (χ1) is 14.9. The van der Waals surface area contributed by atoms with Crippen molar-refractivity contribution in [3.8, 4) is 11.3 Å². The van der Waals surface area contributed by atoms with Crippen LogP contribution < -0.4 is 5.32 Å². The Balaban J connectivity index is 1.62. The molecule has 158 valence electrons. The molecule has 0 saturated heterocycles. The summed E-state index contributed by atoms with van der Waals surface area (Å²) < 4.78 is 41.6. The van der Waals surface area contributed by atoms with Crippen molar-refractivity contribution in [1.82, 2.24) is 15.3 Å². The van der Waals surface area contributed by atoms with Gasteiger partial charge in [-0.25, -0.2) is 13.2 Å². The van der Waals surface area contributed by atoms with Gasteiger partial charge in [-0.3, -0.25) is 9.78 Å². The Bertz CT molecular complexity index is 1220. The summed E-state index contributed by atoms with van der Waals surface area (Å²) in [5, 5.41) is 3.25. The third-order valence-electron chi connectivity index (χ3n) is 5.18. The predicted octanol–water partition coefficient (Wildman–Crippen LogP) is 5.46. The number of nitrogens with zero attached hydrogens (tertiary/aromatic N) is 1. The Morgan fingerprint density at radius 2 is 1.84 bits per heavy atom. The van der Waals surface area contributed by atoms with E-state index in [-0.39, 0.29) is 30.3 Å². The van der Waals surface area contributed by atoms with E-state index in [1.165, 1.54) is 18.2 Å². The van der Waals surface area contributed by atoms with Crippen LogP contribution >= 0.6 is 0 Å². The fourth-order valence-corrected chi connectivity index (χ4v) is 3.65. The second-order valence-electron chi connectivity index (χ2n) is 7.34. The zero-order valence-corrected chi connectivity index (χ0v) is 16.8. The van der Waals surface area contributed by atoms with Gasteiger partial charge in [0.1, 0.15) is 17.5 Å². The fraction of sp³-hybridized carbons (Fsp3) is 0.167. The quantitative estimate of drug-likeness (QED) is 0.433. The van der Waals surface area contributed by atoms with E-state index in [4.69, 9.17) is 0 Å². The molecule has 0 aliphatic carbocycles. The van der Waals surface area contributed by atoms with E-state index in [1.54, 1.807) is 24.4 Å². The Morgan fingerprint density at radius 3 is 2.55 bits per heavy atom. The molecule has 2 N–H and O–H groups in total. The monoisotopic (exact) mass is 423 g/mol. The number of pyridine rings is 1. The van der Waals surface area contributed by atoms with Gasteiger partial charge in [-0.15, -0.1) is 0 Å². The molecule has 7 heteroatoms. The van der Waals surface area contributed by atoms with Gasteiger partial charge in [-0.1, -0.05) is 6.07 Å². The number of aryl methyl sites for hydroxylation is 1. The SMILES string of the molecule is CC(NC(=O)CCc1c(-c2ccc(F)cc2)[nH]c2c(F)cc(F)cc12)c1ccccn1. The average molecular weight is 423 g/mol. The molecule has 1 unspecified atom stereocenters. The van der Waals surface area contributed by atoms with Crippen LogP contribution in [0.1, 0.15) is 30.6 Å². The molecule has 0 fully saturated rings. The molecule has 0 aliphatic rings. The predicted molar refractivity (Wildman–Crippen MR) is 113 cm³/mol. The van der Waals surface area contributed by atoms with Crippen LogP contribution in [0.2, 0.25) is 0 Å². The second-order valence-corrected chi connectivity index (χ2v) is 7.34. The molecule has 0 spiro atoms. The van der Waals surface area contributed by atoms with Gasteiger partial charge in [0.25, 0.3) is 0 Å². The molecule has 2 aromatic heterocycles. The van der Waals surface area contributed by atoms with Gasteiger partial charge in [-0.05, 0) is 66.9 Å². The summed E-state index contributed by atoms with van der Waals surface area (Å²) in [5.74, 6) is -2.04. The van der Waals surface area contributed by atoms with Crippen LogP contribution in [0.25, 0.3) is 22.2 Å². The van der Waals surface area contributed by atoms with Crippen molar-refractivity contribution >= 4 is 16.8 Å². The summed E-state index contributed by atoms with van der Waals surface area (Å²) in [7, 11) is 0. The lowest BCUT2D eigenvalue weighted by molar-refractivity contribution is -0.121. The van der Waals surface area contributed by atoms with Gasteiger partial charge >= 0.3 is 0 Å². The van der Waals surface area contributed by atoms with E-state index in [2.05, 4.69) is 15.3 Å². The molecule has 0 bridgehead atoms. The van der Waals surface area contributed by atoms with E-state index in [0.717, 1.165) is 11.8 Å². The first-order valence-electron chi connectivity index (χ1n) is 9.88. The summed E-state index contributed by atoms with van der Waals surface area (Å²) in [6.07, 6.45) is 2.01. The number of carbonyl (C=O) groups excluding carboxylic acids is 1. The summed E-state index contributed by atoms with van der Waals surface area (Å²) in [6.45, 7) is 1.83. The number of halogens is 3. The molecule has 1 amide bonds. The van der Waals surface area contributed by atoms with E-state index >= 15 is 0 Å². The smallest absolute Gasteiger partial charge is 0.220 e. The number of carbonyl (C=O) groups is 1. The van der Waals surface area contributed by atoms with Crippen LogP contribution in [0.4, 0.5) is 13.2 Å². The third kappa shape index (κ3) is 4.45. The topological polar surface area (TPSA) is 57.8 Å². The van der Waals surface area contributed by atoms with E-state index in [0.29, 0.717) is 22.2 Å².